The van der Waals surface area contributed by atoms with Crippen molar-refractivity contribution in [1.29, 1.82) is 0 Å². The highest BCUT2D eigenvalue weighted by Gasteiger charge is 2.33. The number of hydrogen-bond donors (Lipinski definition) is 2. The van der Waals surface area contributed by atoms with E-state index >= 15 is 0 Å². The van der Waals surface area contributed by atoms with Gasteiger partial charge in [0.15, 0.2) is 5.65 Å². The Bertz CT molecular complexity index is 1500. The molecule has 5 rings (SSSR count). The molecule has 3 aromatic heterocycles. The molecule has 168 valence electrons. The molecule has 0 saturated heterocycles. The minimum absolute atomic E-state index is 0.138. The molecule has 1 aliphatic heterocycles. The molecule has 0 spiro atoms. The van der Waals surface area contributed by atoms with Crippen molar-refractivity contribution in [3.8, 4) is 17.0 Å². The number of aromatic nitrogens is 5. The molecule has 1 atom stereocenters. The molecule has 0 bridgehead atoms. The fourth-order valence-corrected chi connectivity index (χ4v) is 4.15. The molecule has 1 aliphatic rings. The Morgan fingerprint density at radius 3 is 2.88 bits per heavy atom. The molecule has 0 saturated carbocycles. The first kappa shape index (κ1) is 21.0. The Labute approximate surface area is 192 Å². The molecule has 4 aromatic rings. The number of halogens is 1. The molecule has 3 N–H and O–H groups in total. The van der Waals surface area contributed by atoms with Crippen molar-refractivity contribution >= 4 is 28.4 Å². The molecule has 0 aliphatic carbocycles. The van der Waals surface area contributed by atoms with Gasteiger partial charge in [-0.1, -0.05) is 6.58 Å². The molecular formula is C23H17FN8O2. The number of hydrogen-bond acceptors (Lipinski definition) is 7. The Hall–Kier alpha value is -4.85. The topological polar surface area (TPSA) is 127 Å². The van der Waals surface area contributed by atoms with E-state index in [-0.39, 0.29) is 29.5 Å². The van der Waals surface area contributed by atoms with E-state index in [0.717, 1.165) is 6.07 Å². The first-order chi connectivity index (χ1) is 16.4. The number of nitrogens with two attached hydrogens (primary N) is 1. The van der Waals surface area contributed by atoms with Gasteiger partial charge in [0.05, 0.1) is 29.4 Å². The van der Waals surface area contributed by atoms with Crippen LogP contribution in [0.3, 0.4) is 0 Å². The predicted molar refractivity (Wildman–Crippen MR) is 122 cm³/mol. The minimum atomic E-state index is -0.640. The maximum Gasteiger partial charge on any atom is 0.256 e. The van der Waals surface area contributed by atoms with Gasteiger partial charge >= 0.3 is 0 Å². The molecule has 1 amide bonds. The van der Waals surface area contributed by atoms with Crippen LogP contribution < -0.4 is 10.6 Å². The zero-order chi connectivity index (χ0) is 24.0. The smallest absolute Gasteiger partial charge is 0.256 e. The molecule has 11 heteroatoms. The quantitative estimate of drug-likeness (QED) is 0.358. The number of aromatic hydroxyl groups is 1. The zero-order valence-electron chi connectivity index (χ0n) is 17.7. The van der Waals surface area contributed by atoms with Gasteiger partial charge in [-0.05, 0) is 24.3 Å². The summed E-state index contributed by atoms with van der Waals surface area (Å²) >= 11 is 0. The van der Waals surface area contributed by atoms with Gasteiger partial charge in [-0.3, -0.25) is 9.78 Å². The van der Waals surface area contributed by atoms with E-state index in [1.54, 1.807) is 23.0 Å². The predicted octanol–water partition coefficient (Wildman–Crippen LogP) is 2.88. The average molecular weight is 456 g/mol. The Morgan fingerprint density at radius 1 is 1.29 bits per heavy atom. The lowest BCUT2D eigenvalue weighted by molar-refractivity contribution is -0.115. The first-order valence-corrected chi connectivity index (χ1v) is 10.2. The third-order valence-electron chi connectivity index (χ3n) is 5.63. The number of nitrogen functional groups attached to an aromatic ring is 1. The largest absolute Gasteiger partial charge is 0.508 e. The summed E-state index contributed by atoms with van der Waals surface area (Å²) in [5, 5.41) is 15.0. The molecule has 1 unspecified atom stereocenters. The molecule has 34 heavy (non-hydrogen) atoms. The number of carbonyl (C=O) groups is 1. The Balaban J connectivity index is 1.68. The molecule has 0 fully saturated rings. The summed E-state index contributed by atoms with van der Waals surface area (Å²) in [4.78, 5) is 30.4. The van der Waals surface area contributed by atoms with Gasteiger partial charge in [0.2, 0.25) is 5.70 Å². The van der Waals surface area contributed by atoms with Gasteiger partial charge in [-0.15, -0.1) is 0 Å². The number of phenolic OH excluding ortho intramolecular Hbond substituents is 1. The molecular weight excluding hydrogens is 439 g/mol. The van der Waals surface area contributed by atoms with Crippen molar-refractivity contribution in [3.05, 3.63) is 78.1 Å². The number of pyridine rings is 1. The molecule has 10 nitrogen and oxygen atoms in total. The highest BCUT2D eigenvalue weighted by Crippen LogP contribution is 2.37. The van der Waals surface area contributed by atoms with Crippen LogP contribution in [0.4, 0.5) is 15.9 Å². The van der Waals surface area contributed by atoms with Crippen LogP contribution in [0.1, 0.15) is 11.7 Å². The number of amides is 1. The second kappa shape index (κ2) is 7.93. The summed E-state index contributed by atoms with van der Waals surface area (Å²) in [5.41, 5.74) is 8.12. The SMILES string of the molecule is [C-]#[N+]C(=C)C(=O)N1CC(n2nc(-c3cc(O)cc(F)c3)c3c(N)ncnc32)Cc2ncccc21. The summed E-state index contributed by atoms with van der Waals surface area (Å²) in [6, 6.07) is 6.63. The van der Waals surface area contributed by atoms with Crippen molar-refractivity contribution in [2.45, 2.75) is 12.5 Å². The Kier molecular flexibility index (Phi) is 4.90. The standard InChI is InChI=1S/C23H17FN8O2/c1-12(26-2)23(34)31-10-15(9-17-18(31)4-3-5-27-17)32-22-19(21(25)28-11-29-22)20(30-32)13-6-14(24)8-16(33)7-13/h3-8,11,15,33H,1,9-10H2,(H2,25,28,29). The third-order valence-corrected chi connectivity index (χ3v) is 5.63. The van der Waals surface area contributed by atoms with E-state index in [4.69, 9.17) is 12.3 Å². The van der Waals surface area contributed by atoms with E-state index in [0.29, 0.717) is 34.4 Å². The van der Waals surface area contributed by atoms with Crippen LogP contribution in [-0.4, -0.2) is 42.3 Å². The monoisotopic (exact) mass is 456 g/mol. The van der Waals surface area contributed by atoms with Crippen LogP contribution in [0, 0.1) is 12.4 Å². The van der Waals surface area contributed by atoms with Crippen molar-refractivity contribution in [2.75, 3.05) is 17.2 Å². The summed E-state index contributed by atoms with van der Waals surface area (Å²) in [5.74, 6) is -1.30. The lowest BCUT2D eigenvalue weighted by Gasteiger charge is -2.34. The van der Waals surface area contributed by atoms with Crippen molar-refractivity contribution in [2.24, 2.45) is 0 Å². The number of fused-ring (bicyclic) bond motifs is 2. The second-order valence-corrected chi connectivity index (χ2v) is 7.75. The molecule has 4 heterocycles. The number of rotatable bonds is 3. The van der Waals surface area contributed by atoms with Crippen LogP contribution in [0.15, 0.2) is 55.1 Å². The number of nitrogens with zero attached hydrogens (tertiary/aromatic N) is 7. The summed E-state index contributed by atoms with van der Waals surface area (Å²) in [7, 11) is 0. The lowest BCUT2D eigenvalue weighted by atomic mass is 10.0. The molecule has 1 aromatic carbocycles. The van der Waals surface area contributed by atoms with Gasteiger partial charge in [-0.25, -0.2) is 23.9 Å². The van der Waals surface area contributed by atoms with E-state index in [9.17, 15) is 14.3 Å². The van der Waals surface area contributed by atoms with Crippen LogP contribution in [0.25, 0.3) is 27.1 Å². The zero-order valence-corrected chi connectivity index (χ0v) is 17.7. The number of phenols is 1. The van der Waals surface area contributed by atoms with Crippen molar-refractivity contribution in [3.63, 3.8) is 0 Å². The fourth-order valence-electron chi connectivity index (χ4n) is 4.15. The average Bonchev–Trinajstić information content (AvgIpc) is 3.23. The Morgan fingerprint density at radius 2 is 2.12 bits per heavy atom. The van der Waals surface area contributed by atoms with E-state index in [1.165, 1.54) is 23.4 Å². The van der Waals surface area contributed by atoms with E-state index in [1.807, 2.05) is 0 Å². The lowest BCUT2D eigenvalue weighted by Crippen LogP contribution is -2.41. The van der Waals surface area contributed by atoms with Crippen LogP contribution in [0.2, 0.25) is 0 Å². The van der Waals surface area contributed by atoms with Crippen molar-refractivity contribution in [1.82, 2.24) is 24.7 Å². The maximum atomic E-state index is 14.0. The summed E-state index contributed by atoms with van der Waals surface area (Å²) < 4.78 is 15.6. The number of carbonyl (C=O) groups excluding carboxylic acids is 1. The van der Waals surface area contributed by atoms with Gasteiger partial charge in [0.25, 0.3) is 5.91 Å². The van der Waals surface area contributed by atoms with Crippen LogP contribution >= 0.6 is 0 Å². The van der Waals surface area contributed by atoms with Crippen molar-refractivity contribution < 1.29 is 14.3 Å². The maximum absolute atomic E-state index is 14.0. The van der Waals surface area contributed by atoms with Crippen LogP contribution in [-0.2, 0) is 11.2 Å². The van der Waals surface area contributed by atoms with Gasteiger partial charge in [0, 0.05) is 30.8 Å². The van der Waals surface area contributed by atoms with E-state index < -0.39 is 17.8 Å². The fraction of sp³-hybridized carbons (Fsp3) is 0.130. The highest BCUT2D eigenvalue weighted by molar-refractivity contribution is 6.07. The second-order valence-electron chi connectivity index (χ2n) is 7.75. The minimum Gasteiger partial charge on any atom is -0.508 e. The van der Waals surface area contributed by atoms with E-state index in [2.05, 4.69) is 31.5 Å². The summed E-state index contributed by atoms with van der Waals surface area (Å²) in [6.07, 6.45) is 3.33. The van der Waals surface area contributed by atoms with Crippen LogP contribution in [0.5, 0.6) is 5.75 Å². The number of anilines is 2. The van der Waals surface area contributed by atoms with Gasteiger partial charge in [0.1, 0.15) is 29.4 Å². The third kappa shape index (κ3) is 3.38. The normalized spacial score (nSPS) is 15.1. The summed E-state index contributed by atoms with van der Waals surface area (Å²) in [6.45, 7) is 10.9. The van der Waals surface area contributed by atoms with Gasteiger partial charge in [-0.2, -0.15) is 5.10 Å². The van der Waals surface area contributed by atoms with Gasteiger partial charge < -0.3 is 15.7 Å². The number of benzene rings is 1. The molecule has 0 radical (unpaired) electrons. The highest BCUT2D eigenvalue weighted by atomic mass is 19.1. The first-order valence-electron chi connectivity index (χ1n) is 10.2.